The molecule has 1 aromatic heterocycles. The maximum Gasteiger partial charge on any atom is 0.418 e. The molecule has 0 amide bonds. The van der Waals surface area contributed by atoms with E-state index in [1.54, 1.807) is 19.1 Å². The Bertz CT molecular complexity index is 1040. The molecule has 9 heteroatoms. The van der Waals surface area contributed by atoms with E-state index in [1.165, 1.54) is 30.3 Å². The lowest BCUT2D eigenvalue weighted by Gasteiger charge is -2.26. The van der Waals surface area contributed by atoms with Crippen LogP contribution in [-0.2, 0) is 5.75 Å². The number of aryl methyl sites for hydroxylation is 1. The molecular weight excluding hydrogens is 408 g/mol. The van der Waals surface area contributed by atoms with E-state index in [9.17, 15) is 27.8 Å². The Morgan fingerprint density at radius 1 is 1.21 bits per heavy atom. The summed E-state index contributed by atoms with van der Waals surface area (Å²) in [6, 6.07) is 9.62. The lowest BCUT2D eigenvalue weighted by atomic mass is 10.1. The minimum absolute atomic E-state index is 0.0133. The van der Waals surface area contributed by atoms with Crippen molar-refractivity contribution in [1.29, 1.82) is 0 Å². The van der Waals surface area contributed by atoms with Crippen molar-refractivity contribution in [2.75, 3.05) is 5.73 Å². The van der Waals surface area contributed by atoms with Crippen LogP contribution in [-0.4, -0.2) is 16.3 Å². The number of anilines is 1. The number of halogens is 4. The second kappa shape index (κ2) is 8.17. The second-order valence-electron chi connectivity index (χ2n) is 6.49. The molecule has 1 heterocycles. The summed E-state index contributed by atoms with van der Waals surface area (Å²) in [5.74, 6) is -0.499. The third kappa shape index (κ3) is 4.47. The largest absolute Gasteiger partial charge is 0.840 e. The Labute approximate surface area is 168 Å². The minimum atomic E-state index is -4.78. The molecule has 0 aliphatic heterocycles. The normalized spacial score (nSPS) is 14.2. The summed E-state index contributed by atoms with van der Waals surface area (Å²) in [6.07, 6.45) is -7.37. The Kier molecular flexibility index (Phi) is 6.02. The molecule has 2 aromatic carbocycles. The van der Waals surface area contributed by atoms with Gasteiger partial charge in [-0.2, -0.15) is 24.9 Å². The van der Waals surface area contributed by atoms with Crippen LogP contribution in [0.2, 0.25) is 0 Å². The van der Waals surface area contributed by atoms with Crippen LogP contribution < -0.4 is 10.8 Å². The first-order valence-corrected chi connectivity index (χ1v) is 9.59. The summed E-state index contributed by atoms with van der Waals surface area (Å²) in [4.78, 5) is 4.25. The minimum Gasteiger partial charge on any atom is -0.840 e. The van der Waals surface area contributed by atoms with Gasteiger partial charge in [0.25, 0.3) is 0 Å². The monoisotopic (exact) mass is 425 g/mol. The molecule has 154 valence electrons. The second-order valence-corrected chi connectivity index (χ2v) is 7.54. The van der Waals surface area contributed by atoms with Crippen molar-refractivity contribution in [3.63, 3.8) is 0 Å². The fourth-order valence-corrected chi connectivity index (χ4v) is 4.03. The zero-order valence-electron chi connectivity index (χ0n) is 15.2. The molecule has 2 atom stereocenters. The number of aliphatic hydroxyl groups excluding tert-OH is 1. The van der Waals surface area contributed by atoms with Crippen molar-refractivity contribution in [3.8, 4) is 0 Å². The standard InChI is InChI=1S/C20H17F4N2O2S/c1-10-15(17(25)16-13(21)6-3-7-14(16)26-10)19(28)29-9-11-4-2-5-12(8-11)18(27)20(22,23)24/h2-8,18-19,27H,9H2,1H3,(H2,25,26)/q-1/t18-,19?/m0/s1. The maximum atomic E-state index is 14.1. The van der Waals surface area contributed by atoms with Gasteiger partial charge in [0.2, 0.25) is 0 Å². The fraction of sp³-hybridized carbons (Fsp3) is 0.250. The van der Waals surface area contributed by atoms with E-state index in [0.29, 0.717) is 16.8 Å². The molecular formula is C20H17F4N2O2S-. The number of hydrogen-bond donors (Lipinski definition) is 2. The topological polar surface area (TPSA) is 82.2 Å². The molecule has 3 rings (SSSR count). The molecule has 3 N–H and O–H groups in total. The van der Waals surface area contributed by atoms with Gasteiger partial charge in [0, 0.05) is 17.1 Å². The number of aromatic nitrogens is 1. The number of nitrogen functional groups attached to an aromatic ring is 1. The number of rotatable bonds is 5. The van der Waals surface area contributed by atoms with Gasteiger partial charge in [-0.25, -0.2) is 4.39 Å². The first-order valence-electron chi connectivity index (χ1n) is 8.55. The number of benzene rings is 2. The van der Waals surface area contributed by atoms with Crippen LogP contribution in [0.15, 0.2) is 42.5 Å². The molecule has 4 nitrogen and oxygen atoms in total. The average Bonchev–Trinajstić information content (AvgIpc) is 2.65. The van der Waals surface area contributed by atoms with Gasteiger partial charge in [-0.15, -0.1) is 0 Å². The predicted octanol–water partition coefficient (Wildman–Crippen LogP) is 4.15. The van der Waals surface area contributed by atoms with Gasteiger partial charge in [0.15, 0.2) is 6.10 Å². The number of pyridine rings is 1. The number of nitrogens with two attached hydrogens (primary N) is 1. The lowest BCUT2D eigenvalue weighted by molar-refractivity contribution is -0.391. The molecule has 0 spiro atoms. The highest BCUT2D eigenvalue weighted by Gasteiger charge is 2.39. The van der Waals surface area contributed by atoms with Crippen LogP contribution in [0.1, 0.15) is 33.9 Å². The molecule has 0 saturated heterocycles. The van der Waals surface area contributed by atoms with Gasteiger partial charge < -0.3 is 15.9 Å². The van der Waals surface area contributed by atoms with Crippen LogP contribution in [0.3, 0.4) is 0 Å². The summed E-state index contributed by atoms with van der Waals surface area (Å²) in [7, 11) is 0. The van der Waals surface area contributed by atoms with Gasteiger partial charge in [-0.3, -0.25) is 4.98 Å². The number of aliphatic hydroxyl groups is 1. The summed E-state index contributed by atoms with van der Waals surface area (Å²) in [6.45, 7) is 1.60. The van der Waals surface area contributed by atoms with Crippen LogP contribution in [0.5, 0.6) is 0 Å². The number of thioether (sulfide) groups is 1. The highest BCUT2D eigenvalue weighted by atomic mass is 32.2. The van der Waals surface area contributed by atoms with Gasteiger partial charge >= 0.3 is 6.18 Å². The van der Waals surface area contributed by atoms with Crippen molar-refractivity contribution in [1.82, 2.24) is 4.98 Å². The molecule has 0 radical (unpaired) electrons. The zero-order chi connectivity index (χ0) is 21.3. The highest BCUT2D eigenvalue weighted by Crippen LogP contribution is 2.37. The lowest BCUT2D eigenvalue weighted by Crippen LogP contribution is -2.20. The van der Waals surface area contributed by atoms with Crippen molar-refractivity contribution in [3.05, 3.63) is 70.7 Å². The van der Waals surface area contributed by atoms with Gasteiger partial charge in [-0.1, -0.05) is 30.3 Å². The van der Waals surface area contributed by atoms with Gasteiger partial charge in [-0.05, 0) is 41.2 Å². The van der Waals surface area contributed by atoms with E-state index in [-0.39, 0.29) is 28.0 Å². The van der Waals surface area contributed by atoms with E-state index in [0.717, 1.165) is 11.8 Å². The number of nitrogens with zero attached hydrogens (tertiary/aromatic N) is 1. The van der Waals surface area contributed by atoms with E-state index >= 15 is 0 Å². The molecule has 0 fully saturated rings. The van der Waals surface area contributed by atoms with E-state index in [1.807, 2.05) is 0 Å². The first kappa shape index (κ1) is 21.4. The maximum absolute atomic E-state index is 14.1. The Hall–Kier alpha value is -2.36. The fourth-order valence-electron chi connectivity index (χ4n) is 3.04. The van der Waals surface area contributed by atoms with Gasteiger partial charge in [0.1, 0.15) is 5.82 Å². The smallest absolute Gasteiger partial charge is 0.418 e. The summed E-state index contributed by atoms with van der Waals surface area (Å²) in [5.41, 5.74) is 5.65. The SMILES string of the molecule is Cc1nc2cccc(F)c2c(N)c1C([O-])SCc1cccc([C@H](O)C(F)(F)F)c1. The third-order valence-corrected chi connectivity index (χ3v) is 5.48. The average molecular weight is 425 g/mol. The summed E-state index contributed by atoms with van der Waals surface area (Å²) < 4.78 is 52.2. The molecule has 1 unspecified atom stereocenters. The first-order chi connectivity index (χ1) is 13.6. The molecule has 0 aliphatic carbocycles. The third-order valence-electron chi connectivity index (χ3n) is 4.44. The van der Waals surface area contributed by atoms with Crippen molar-refractivity contribution in [2.45, 2.75) is 30.4 Å². The number of fused-ring (bicyclic) bond motifs is 1. The van der Waals surface area contributed by atoms with Crippen LogP contribution in [0.25, 0.3) is 10.9 Å². The Balaban J connectivity index is 1.83. The highest BCUT2D eigenvalue weighted by molar-refractivity contribution is 7.98. The van der Waals surface area contributed by atoms with E-state index < -0.39 is 23.5 Å². The molecule has 0 aliphatic rings. The van der Waals surface area contributed by atoms with Crippen molar-refractivity contribution < 1.29 is 27.8 Å². The van der Waals surface area contributed by atoms with Crippen LogP contribution in [0.4, 0.5) is 23.2 Å². The number of alkyl halides is 3. The Morgan fingerprint density at radius 3 is 2.59 bits per heavy atom. The van der Waals surface area contributed by atoms with Crippen molar-refractivity contribution in [2.24, 2.45) is 0 Å². The molecule has 0 saturated carbocycles. The molecule has 29 heavy (non-hydrogen) atoms. The van der Waals surface area contributed by atoms with Crippen LogP contribution >= 0.6 is 11.8 Å². The molecule has 3 aromatic rings. The number of hydrogen-bond acceptors (Lipinski definition) is 5. The quantitative estimate of drug-likeness (QED) is 0.474. The summed E-state index contributed by atoms with van der Waals surface area (Å²) in [5, 5.41) is 22.2. The zero-order valence-corrected chi connectivity index (χ0v) is 16.0. The van der Waals surface area contributed by atoms with Crippen LogP contribution in [0, 0.1) is 12.7 Å². The van der Waals surface area contributed by atoms with Gasteiger partial charge in [0.05, 0.1) is 10.9 Å². The Morgan fingerprint density at radius 2 is 1.90 bits per heavy atom. The molecule has 0 bridgehead atoms. The van der Waals surface area contributed by atoms with Crippen molar-refractivity contribution >= 4 is 28.4 Å². The summed E-state index contributed by atoms with van der Waals surface area (Å²) >= 11 is 0.892. The van der Waals surface area contributed by atoms with E-state index in [4.69, 9.17) is 5.73 Å². The predicted molar refractivity (Wildman–Crippen MR) is 102 cm³/mol. The van der Waals surface area contributed by atoms with E-state index in [2.05, 4.69) is 4.98 Å².